The number of amidine groups is 1. The summed E-state index contributed by atoms with van der Waals surface area (Å²) in [4.78, 5) is 50.7. The van der Waals surface area contributed by atoms with E-state index >= 15 is 0 Å². The number of fused-ring (bicyclic) bond motifs is 1. The van der Waals surface area contributed by atoms with Crippen molar-refractivity contribution in [3.05, 3.63) is 102 Å². The SMILES string of the molecule is CC(Sc1ccc(NC(=O)c2cccc3cccc(C(=O)O)c23)cc1)C(=O)NC1=NN(c2ccccc2)C(=O)C1. The number of amides is 3. The molecule has 4 aromatic carbocycles. The zero-order chi connectivity index (χ0) is 28.2. The quantitative estimate of drug-likeness (QED) is 0.273. The summed E-state index contributed by atoms with van der Waals surface area (Å²) < 4.78 is 0. The number of carbonyl (C=O) groups is 4. The average Bonchev–Trinajstić information content (AvgIpc) is 3.33. The Balaban J connectivity index is 1.21. The van der Waals surface area contributed by atoms with E-state index in [1.165, 1.54) is 22.8 Å². The van der Waals surface area contributed by atoms with Crippen LogP contribution in [-0.2, 0) is 9.59 Å². The molecule has 0 aliphatic carbocycles. The third-order valence-corrected chi connectivity index (χ3v) is 7.33. The number of hydrazone groups is 1. The Bertz CT molecular complexity index is 1650. The van der Waals surface area contributed by atoms with Crippen LogP contribution in [-0.4, -0.2) is 39.9 Å². The van der Waals surface area contributed by atoms with E-state index in [2.05, 4.69) is 15.7 Å². The van der Waals surface area contributed by atoms with Gasteiger partial charge in [-0.15, -0.1) is 11.8 Å². The summed E-state index contributed by atoms with van der Waals surface area (Å²) in [5.74, 6) is -1.74. The third kappa shape index (κ3) is 5.71. The average molecular weight is 553 g/mol. The molecule has 4 aromatic rings. The van der Waals surface area contributed by atoms with E-state index in [0.717, 1.165) is 4.90 Å². The Morgan fingerprint density at radius 2 is 1.55 bits per heavy atom. The van der Waals surface area contributed by atoms with Gasteiger partial charge in [0.1, 0.15) is 5.84 Å². The smallest absolute Gasteiger partial charge is 0.336 e. The van der Waals surface area contributed by atoms with Gasteiger partial charge in [-0.25, -0.2) is 4.79 Å². The van der Waals surface area contributed by atoms with Crippen LogP contribution >= 0.6 is 11.8 Å². The second-order valence-electron chi connectivity index (χ2n) is 9.01. The maximum absolute atomic E-state index is 13.1. The van der Waals surface area contributed by atoms with Crippen molar-refractivity contribution in [3.63, 3.8) is 0 Å². The van der Waals surface area contributed by atoms with Crippen molar-refractivity contribution in [1.82, 2.24) is 5.32 Å². The van der Waals surface area contributed by atoms with E-state index in [4.69, 9.17) is 0 Å². The highest BCUT2D eigenvalue weighted by atomic mass is 32.2. The molecule has 0 saturated carbocycles. The lowest BCUT2D eigenvalue weighted by molar-refractivity contribution is -0.118. The molecule has 200 valence electrons. The third-order valence-electron chi connectivity index (χ3n) is 6.22. The molecule has 3 amide bonds. The zero-order valence-electron chi connectivity index (χ0n) is 21.3. The Hall–Kier alpha value is -4.96. The summed E-state index contributed by atoms with van der Waals surface area (Å²) in [6, 6.07) is 25.9. The lowest BCUT2D eigenvalue weighted by Gasteiger charge is -2.13. The number of para-hydroxylation sites is 1. The highest BCUT2D eigenvalue weighted by Crippen LogP contribution is 2.27. The molecule has 40 heavy (non-hydrogen) atoms. The van der Waals surface area contributed by atoms with Gasteiger partial charge in [-0.1, -0.05) is 42.5 Å². The van der Waals surface area contributed by atoms with Crippen LogP contribution in [0.2, 0.25) is 0 Å². The van der Waals surface area contributed by atoms with Gasteiger partial charge in [0.15, 0.2) is 0 Å². The molecule has 0 spiro atoms. The van der Waals surface area contributed by atoms with Crippen LogP contribution < -0.4 is 15.6 Å². The first kappa shape index (κ1) is 26.6. The van der Waals surface area contributed by atoms with Crippen molar-refractivity contribution in [2.24, 2.45) is 5.10 Å². The highest BCUT2D eigenvalue weighted by Gasteiger charge is 2.27. The largest absolute Gasteiger partial charge is 0.478 e. The lowest BCUT2D eigenvalue weighted by atomic mass is 9.98. The van der Waals surface area contributed by atoms with Crippen LogP contribution in [0.5, 0.6) is 0 Å². The predicted molar refractivity (Wildman–Crippen MR) is 155 cm³/mol. The molecule has 3 N–H and O–H groups in total. The van der Waals surface area contributed by atoms with Gasteiger partial charge in [0.2, 0.25) is 5.91 Å². The summed E-state index contributed by atoms with van der Waals surface area (Å²) in [6.07, 6.45) is 0.0110. The zero-order valence-corrected chi connectivity index (χ0v) is 22.1. The van der Waals surface area contributed by atoms with E-state index < -0.39 is 17.1 Å². The van der Waals surface area contributed by atoms with Crippen molar-refractivity contribution in [2.45, 2.75) is 23.5 Å². The van der Waals surface area contributed by atoms with Crippen LogP contribution in [0.3, 0.4) is 0 Å². The normalized spacial score (nSPS) is 13.6. The van der Waals surface area contributed by atoms with Gasteiger partial charge in [0, 0.05) is 21.5 Å². The molecule has 1 aliphatic heterocycles. The monoisotopic (exact) mass is 552 g/mol. The molecule has 5 rings (SSSR count). The number of carboxylic acids is 1. The van der Waals surface area contributed by atoms with Gasteiger partial charge < -0.3 is 15.7 Å². The van der Waals surface area contributed by atoms with Crippen LogP contribution in [0.15, 0.2) is 101 Å². The number of hydrogen-bond acceptors (Lipinski definition) is 6. The first-order chi connectivity index (χ1) is 19.3. The maximum atomic E-state index is 13.1. The number of nitrogens with one attached hydrogen (secondary N) is 2. The first-order valence-corrected chi connectivity index (χ1v) is 13.3. The van der Waals surface area contributed by atoms with Gasteiger partial charge in [-0.05, 0) is 60.8 Å². The van der Waals surface area contributed by atoms with E-state index in [1.54, 1.807) is 73.7 Å². The summed E-state index contributed by atoms with van der Waals surface area (Å²) in [5.41, 5.74) is 1.48. The van der Waals surface area contributed by atoms with E-state index in [-0.39, 0.29) is 29.4 Å². The van der Waals surface area contributed by atoms with Crippen LogP contribution in [0, 0.1) is 0 Å². The second kappa shape index (κ2) is 11.4. The van der Waals surface area contributed by atoms with Gasteiger partial charge >= 0.3 is 5.97 Å². The minimum atomic E-state index is -1.11. The molecule has 0 radical (unpaired) electrons. The Morgan fingerprint density at radius 1 is 0.875 bits per heavy atom. The van der Waals surface area contributed by atoms with Gasteiger partial charge in [-0.3, -0.25) is 14.4 Å². The second-order valence-corrected chi connectivity index (χ2v) is 10.4. The highest BCUT2D eigenvalue weighted by molar-refractivity contribution is 8.00. The number of carbonyl (C=O) groups excluding carboxylic acids is 3. The standard InChI is InChI=1S/C30H24N4O5S/c1-18(28(36)32-25-17-26(35)34(33-25)21-9-3-2-4-10-21)40-22-15-13-20(14-16-22)31-29(37)23-11-5-7-19-8-6-12-24(27(19)23)30(38)39/h2-16,18H,17H2,1H3,(H,31,37)(H,38,39)(H,32,33,36). The fraction of sp³-hybridized carbons (Fsp3) is 0.100. The van der Waals surface area contributed by atoms with Crippen molar-refractivity contribution >= 4 is 63.4 Å². The maximum Gasteiger partial charge on any atom is 0.336 e. The first-order valence-electron chi connectivity index (χ1n) is 12.4. The molecule has 10 heteroatoms. The Kier molecular flexibility index (Phi) is 7.61. The number of rotatable bonds is 7. The Labute approximate surface area is 233 Å². The van der Waals surface area contributed by atoms with Crippen molar-refractivity contribution in [3.8, 4) is 0 Å². The van der Waals surface area contributed by atoms with Crippen molar-refractivity contribution in [1.29, 1.82) is 0 Å². The van der Waals surface area contributed by atoms with Crippen LogP contribution in [0.1, 0.15) is 34.1 Å². The number of nitrogens with zero attached hydrogens (tertiary/aromatic N) is 2. The van der Waals surface area contributed by atoms with Gasteiger partial charge in [0.05, 0.1) is 22.9 Å². The molecular formula is C30H24N4O5S. The number of thioether (sulfide) groups is 1. The predicted octanol–water partition coefficient (Wildman–Crippen LogP) is 5.14. The van der Waals surface area contributed by atoms with Crippen molar-refractivity contribution < 1.29 is 24.3 Å². The van der Waals surface area contributed by atoms with Crippen LogP contribution in [0.4, 0.5) is 11.4 Å². The molecule has 1 unspecified atom stereocenters. The van der Waals surface area contributed by atoms with Crippen molar-refractivity contribution in [2.75, 3.05) is 10.3 Å². The molecule has 1 heterocycles. The summed E-state index contributed by atoms with van der Waals surface area (Å²) >= 11 is 1.32. The summed E-state index contributed by atoms with van der Waals surface area (Å²) in [6.45, 7) is 1.75. The number of aromatic carboxylic acids is 1. The summed E-state index contributed by atoms with van der Waals surface area (Å²) in [7, 11) is 0. The molecule has 1 aliphatic rings. The van der Waals surface area contributed by atoms with E-state index in [0.29, 0.717) is 28.0 Å². The molecule has 0 aromatic heterocycles. The number of carboxylic acid groups (broad SMARTS) is 1. The van der Waals surface area contributed by atoms with Gasteiger partial charge in [0.25, 0.3) is 11.8 Å². The summed E-state index contributed by atoms with van der Waals surface area (Å²) in [5, 5.41) is 21.2. The molecular weight excluding hydrogens is 528 g/mol. The minimum absolute atomic E-state index is 0.0110. The van der Waals surface area contributed by atoms with Gasteiger partial charge in [-0.2, -0.15) is 10.1 Å². The molecule has 0 bridgehead atoms. The minimum Gasteiger partial charge on any atom is -0.478 e. The number of anilines is 2. The fourth-order valence-corrected chi connectivity index (χ4v) is 5.16. The molecule has 1 atom stereocenters. The molecule has 0 saturated heterocycles. The molecule has 9 nitrogen and oxygen atoms in total. The number of benzene rings is 4. The lowest BCUT2D eigenvalue weighted by Crippen LogP contribution is -2.35. The number of hydrogen-bond donors (Lipinski definition) is 3. The van der Waals surface area contributed by atoms with E-state index in [9.17, 15) is 24.3 Å². The van der Waals surface area contributed by atoms with Crippen LogP contribution in [0.25, 0.3) is 10.8 Å². The Morgan fingerprint density at radius 3 is 2.23 bits per heavy atom. The van der Waals surface area contributed by atoms with E-state index in [1.807, 2.05) is 18.2 Å². The fourth-order valence-electron chi connectivity index (χ4n) is 4.30. The molecule has 0 fully saturated rings. The topological polar surface area (TPSA) is 128 Å².